The van der Waals surface area contributed by atoms with Crippen LogP contribution in [0, 0.1) is 3.70 Å². The maximum Gasteiger partial charge on any atom is 0.252 e. The third-order valence-electron chi connectivity index (χ3n) is 1.88. The summed E-state index contributed by atoms with van der Waals surface area (Å²) in [6.45, 7) is 0.512. The van der Waals surface area contributed by atoms with Crippen molar-refractivity contribution in [1.82, 2.24) is 10.3 Å². The summed E-state index contributed by atoms with van der Waals surface area (Å²) in [6.07, 6.45) is 0.647. The van der Waals surface area contributed by atoms with Gasteiger partial charge in [-0.2, -0.15) is 0 Å². The topological polar surface area (TPSA) is 59.1 Å². The summed E-state index contributed by atoms with van der Waals surface area (Å²) in [5, 5.41) is 2.68. The third-order valence-corrected chi connectivity index (χ3v) is 2.78. The zero-order valence-electron chi connectivity index (χ0n) is 6.50. The molecule has 1 aromatic rings. The molecule has 1 aromatic heterocycles. The Morgan fingerprint density at radius 2 is 2.38 bits per heavy atom. The Morgan fingerprint density at radius 1 is 1.62 bits per heavy atom. The minimum Gasteiger partial charge on any atom is -0.348 e. The summed E-state index contributed by atoms with van der Waals surface area (Å²) in [6, 6.07) is 1.52. The number of aromatic nitrogens is 1. The molecule has 2 heterocycles. The van der Waals surface area contributed by atoms with Gasteiger partial charge in [0.05, 0.1) is 0 Å². The van der Waals surface area contributed by atoms with Gasteiger partial charge in [-0.3, -0.25) is 9.59 Å². The highest BCUT2D eigenvalue weighted by Crippen LogP contribution is 2.20. The van der Waals surface area contributed by atoms with Crippen molar-refractivity contribution < 1.29 is 9.59 Å². The van der Waals surface area contributed by atoms with Crippen LogP contribution in [-0.4, -0.2) is 17.2 Å². The first-order chi connectivity index (χ1) is 6.22. The smallest absolute Gasteiger partial charge is 0.252 e. The highest BCUT2D eigenvalue weighted by Gasteiger charge is 2.22. The van der Waals surface area contributed by atoms with Gasteiger partial charge in [0.1, 0.15) is 9.39 Å². The molecule has 0 radical (unpaired) electrons. The first-order valence-corrected chi connectivity index (χ1v) is 4.73. The van der Waals surface area contributed by atoms with E-state index >= 15 is 0 Å². The van der Waals surface area contributed by atoms with Crippen molar-refractivity contribution in [3.05, 3.63) is 26.6 Å². The fourth-order valence-electron chi connectivity index (χ4n) is 1.25. The van der Waals surface area contributed by atoms with Crippen LogP contribution in [0.4, 0.5) is 0 Å². The second-order valence-electron chi connectivity index (χ2n) is 2.66. The first kappa shape index (κ1) is 8.61. The number of halogens is 1. The standard InChI is InChI=1S/C8H5IN2O2/c9-7-6-2-10-8(13)5(6)1-4(3-12)11-7/h1,3H,2H2,(H,10,13). The number of carbonyl (C=O) groups excluding carboxylic acids is 2. The molecule has 0 spiro atoms. The van der Waals surface area contributed by atoms with Crippen LogP contribution in [0.3, 0.4) is 0 Å². The summed E-state index contributed by atoms with van der Waals surface area (Å²) in [5.74, 6) is -0.126. The molecule has 2 rings (SSSR count). The van der Waals surface area contributed by atoms with Gasteiger partial charge in [-0.05, 0) is 28.7 Å². The molecule has 0 aromatic carbocycles. The summed E-state index contributed by atoms with van der Waals surface area (Å²) in [4.78, 5) is 25.7. The number of rotatable bonds is 1. The predicted octanol–water partition coefficient (Wildman–Crippen LogP) is 0.742. The van der Waals surface area contributed by atoms with Crippen LogP contribution in [0.1, 0.15) is 26.4 Å². The predicted molar refractivity (Wildman–Crippen MR) is 53.5 cm³/mol. The van der Waals surface area contributed by atoms with E-state index in [1.54, 1.807) is 0 Å². The maximum absolute atomic E-state index is 11.2. The van der Waals surface area contributed by atoms with Crippen molar-refractivity contribution in [2.24, 2.45) is 0 Å². The molecule has 66 valence electrons. The second kappa shape index (κ2) is 3.06. The van der Waals surface area contributed by atoms with Gasteiger partial charge in [-0.25, -0.2) is 4.98 Å². The number of pyridine rings is 1. The number of hydrogen-bond acceptors (Lipinski definition) is 3. The number of nitrogens with one attached hydrogen (secondary N) is 1. The largest absolute Gasteiger partial charge is 0.348 e. The van der Waals surface area contributed by atoms with Gasteiger partial charge in [0.2, 0.25) is 0 Å². The summed E-state index contributed by atoms with van der Waals surface area (Å²) >= 11 is 2.02. The number of carbonyl (C=O) groups is 2. The lowest BCUT2D eigenvalue weighted by atomic mass is 10.1. The zero-order chi connectivity index (χ0) is 9.42. The Kier molecular flexibility index (Phi) is 2.03. The molecule has 0 bridgehead atoms. The van der Waals surface area contributed by atoms with Gasteiger partial charge in [-0.1, -0.05) is 0 Å². The Bertz CT molecular complexity index is 403. The van der Waals surface area contributed by atoms with E-state index < -0.39 is 0 Å². The van der Waals surface area contributed by atoms with E-state index in [0.717, 1.165) is 9.26 Å². The van der Waals surface area contributed by atoms with Crippen molar-refractivity contribution in [1.29, 1.82) is 0 Å². The molecule has 0 atom stereocenters. The number of hydrogen-bond donors (Lipinski definition) is 1. The molecule has 0 aliphatic carbocycles. The number of aldehydes is 1. The van der Waals surface area contributed by atoms with Crippen molar-refractivity contribution in [2.45, 2.75) is 6.54 Å². The minimum absolute atomic E-state index is 0.126. The molecule has 0 saturated heterocycles. The van der Waals surface area contributed by atoms with Crippen LogP contribution in [0.25, 0.3) is 0 Å². The Labute approximate surface area is 87.9 Å². The van der Waals surface area contributed by atoms with E-state index in [4.69, 9.17) is 0 Å². The summed E-state index contributed by atoms with van der Waals surface area (Å²) < 4.78 is 0.718. The van der Waals surface area contributed by atoms with E-state index in [1.807, 2.05) is 22.6 Å². The fraction of sp³-hybridized carbons (Fsp3) is 0.125. The molecule has 4 nitrogen and oxygen atoms in total. The summed E-state index contributed by atoms with van der Waals surface area (Å²) in [7, 11) is 0. The van der Waals surface area contributed by atoms with Gasteiger partial charge in [0.15, 0.2) is 6.29 Å². The zero-order valence-corrected chi connectivity index (χ0v) is 8.66. The van der Waals surface area contributed by atoms with E-state index in [0.29, 0.717) is 24.1 Å². The molecular weight excluding hydrogens is 283 g/mol. The van der Waals surface area contributed by atoms with Crippen LogP contribution in [0.15, 0.2) is 6.07 Å². The highest BCUT2D eigenvalue weighted by atomic mass is 127. The number of fused-ring (bicyclic) bond motifs is 1. The molecule has 1 aliphatic rings. The van der Waals surface area contributed by atoms with Crippen molar-refractivity contribution >= 4 is 34.8 Å². The maximum atomic E-state index is 11.2. The molecule has 1 amide bonds. The molecule has 13 heavy (non-hydrogen) atoms. The van der Waals surface area contributed by atoms with Crippen LogP contribution in [0.2, 0.25) is 0 Å². The molecule has 5 heteroatoms. The molecule has 1 aliphatic heterocycles. The lowest BCUT2D eigenvalue weighted by Gasteiger charge is -1.99. The van der Waals surface area contributed by atoms with Gasteiger partial charge < -0.3 is 5.32 Å². The lowest BCUT2D eigenvalue weighted by molar-refractivity contribution is 0.0965. The van der Waals surface area contributed by atoms with Crippen LogP contribution >= 0.6 is 22.6 Å². The van der Waals surface area contributed by atoms with Gasteiger partial charge in [0.25, 0.3) is 5.91 Å². The number of nitrogens with zero attached hydrogens (tertiary/aromatic N) is 1. The van der Waals surface area contributed by atoms with E-state index in [2.05, 4.69) is 10.3 Å². The van der Waals surface area contributed by atoms with E-state index in [9.17, 15) is 9.59 Å². The molecule has 1 N–H and O–H groups in total. The van der Waals surface area contributed by atoms with Crippen molar-refractivity contribution in [3.63, 3.8) is 0 Å². The summed E-state index contributed by atoms with van der Waals surface area (Å²) in [5.41, 5.74) is 1.76. The Morgan fingerprint density at radius 3 is 3.08 bits per heavy atom. The highest BCUT2D eigenvalue weighted by molar-refractivity contribution is 14.1. The lowest BCUT2D eigenvalue weighted by Crippen LogP contribution is -2.12. The van der Waals surface area contributed by atoms with Crippen LogP contribution in [0.5, 0.6) is 0 Å². The normalized spacial score (nSPS) is 13.8. The first-order valence-electron chi connectivity index (χ1n) is 3.65. The van der Waals surface area contributed by atoms with E-state index in [1.165, 1.54) is 6.07 Å². The second-order valence-corrected chi connectivity index (χ2v) is 3.69. The molecular formula is C8H5IN2O2. The van der Waals surface area contributed by atoms with Crippen molar-refractivity contribution in [2.75, 3.05) is 0 Å². The number of amides is 1. The van der Waals surface area contributed by atoms with E-state index in [-0.39, 0.29) is 5.91 Å². The average molecular weight is 288 g/mol. The van der Waals surface area contributed by atoms with Gasteiger partial charge >= 0.3 is 0 Å². The quantitative estimate of drug-likeness (QED) is 0.471. The monoisotopic (exact) mass is 288 g/mol. The van der Waals surface area contributed by atoms with Gasteiger partial charge in [-0.15, -0.1) is 0 Å². The SMILES string of the molecule is O=Cc1cc2c(c(I)n1)CNC2=O. The van der Waals surface area contributed by atoms with Crippen LogP contribution < -0.4 is 5.32 Å². The Hall–Kier alpha value is -0.980. The third kappa shape index (κ3) is 1.32. The Balaban J connectivity index is 2.66. The fourth-order valence-corrected chi connectivity index (χ4v) is 2.01. The van der Waals surface area contributed by atoms with Gasteiger partial charge in [0, 0.05) is 17.7 Å². The molecule has 0 unspecified atom stereocenters. The average Bonchev–Trinajstić information content (AvgIpc) is 2.48. The molecule has 0 saturated carbocycles. The van der Waals surface area contributed by atoms with Crippen LogP contribution in [-0.2, 0) is 6.54 Å². The molecule has 0 fully saturated rings. The minimum atomic E-state index is -0.126. The van der Waals surface area contributed by atoms with Crippen molar-refractivity contribution in [3.8, 4) is 0 Å².